The molecule has 0 bridgehead atoms. The first kappa shape index (κ1) is 39.8. The molecule has 45 heavy (non-hydrogen) atoms. The molecule has 2 amide bonds. The zero-order valence-corrected chi connectivity index (χ0v) is 31.4. The maximum atomic E-state index is 12.5. The van der Waals surface area contributed by atoms with Gasteiger partial charge in [0.15, 0.2) is 20.3 Å². The molecule has 0 saturated carbocycles. The van der Waals surface area contributed by atoms with Gasteiger partial charge in [0.25, 0.3) is 0 Å². The standard InChI is InChI=1S/2C10H13N5O2S4.Mo.2O/c2*16-8(7-11-1-2-12-7)14(9(18)19)15(10(20)21)13-3-5-17-6-4-13;;;/h2*1-2H,3-6H2,(H,11,12)(H,18,19)(H,20,21);;;/q;;+2;;/p-2. The topological polar surface area (TPSA) is 164 Å². The van der Waals surface area contributed by atoms with Gasteiger partial charge >= 0.3 is 37.1 Å². The van der Waals surface area contributed by atoms with Gasteiger partial charge in [0.05, 0.1) is 26.4 Å². The van der Waals surface area contributed by atoms with Crippen LogP contribution in [0.2, 0.25) is 0 Å². The molecule has 244 valence electrons. The Morgan fingerprint density at radius 2 is 1.07 bits per heavy atom. The van der Waals surface area contributed by atoms with Crippen LogP contribution in [-0.2, 0) is 60.0 Å². The van der Waals surface area contributed by atoms with Crippen molar-refractivity contribution in [3.8, 4) is 0 Å². The molecule has 0 aliphatic carbocycles. The molecule has 2 aliphatic rings. The van der Waals surface area contributed by atoms with Gasteiger partial charge in [-0.15, -0.1) is 25.3 Å². The number of hydrazine groups is 4. The van der Waals surface area contributed by atoms with Crippen molar-refractivity contribution in [2.45, 2.75) is 0 Å². The predicted octanol–water partition coefficient (Wildman–Crippen LogP) is 0.485. The molecule has 0 spiro atoms. The third-order valence-corrected chi connectivity index (χ3v) is 6.74. The molecule has 0 atom stereocenters. The van der Waals surface area contributed by atoms with Gasteiger partial charge in [-0.25, -0.2) is 20.0 Å². The molecule has 0 aromatic carbocycles. The van der Waals surface area contributed by atoms with E-state index >= 15 is 0 Å². The number of hydrogen-bond acceptors (Lipinski definition) is 16. The number of nitrogens with zero attached hydrogens (tertiary/aromatic N) is 8. The Labute approximate surface area is 309 Å². The van der Waals surface area contributed by atoms with Crippen molar-refractivity contribution >= 4 is 128 Å². The molecule has 2 saturated heterocycles. The van der Waals surface area contributed by atoms with Crippen molar-refractivity contribution in [2.75, 3.05) is 52.6 Å². The zero-order valence-electron chi connectivity index (χ0n) is 22.7. The number of imidazole rings is 2. The second-order valence-corrected chi connectivity index (χ2v) is 12.6. The Balaban J connectivity index is 0.000000288. The summed E-state index contributed by atoms with van der Waals surface area (Å²) in [5.41, 5.74) is 0. The fourth-order valence-corrected chi connectivity index (χ4v) is 5.08. The van der Waals surface area contributed by atoms with Crippen molar-refractivity contribution in [1.82, 2.24) is 50.2 Å². The van der Waals surface area contributed by atoms with E-state index in [1.54, 1.807) is 10.0 Å². The van der Waals surface area contributed by atoms with Crippen LogP contribution in [0.5, 0.6) is 0 Å². The molecule has 2 aliphatic heterocycles. The third kappa shape index (κ3) is 12.0. The molecule has 2 aromatic rings. The van der Waals surface area contributed by atoms with Gasteiger partial charge in [-0.2, -0.15) is 20.3 Å². The van der Waals surface area contributed by atoms with Gasteiger partial charge in [-0.3, -0.25) is 9.59 Å². The normalized spacial score (nSPS) is 14.6. The minimum atomic E-state index is -2.03. The molecule has 2 fully saturated rings. The van der Waals surface area contributed by atoms with E-state index in [2.05, 4.69) is 45.2 Å². The molecular weight excluding hydrogens is 829 g/mol. The van der Waals surface area contributed by atoms with Gasteiger partial charge < -0.3 is 69.1 Å². The van der Waals surface area contributed by atoms with Gasteiger partial charge in [-0.05, 0) is 33.1 Å². The molecule has 25 heteroatoms. The number of carbonyl (C=O) groups excluding carboxylic acids is 2. The average Bonchev–Trinajstić information content (AvgIpc) is 3.74. The Bertz CT molecular complexity index is 1260. The molecule has 16 nitrogen and oxygen atoms in total. The summed E-state index contributed by atoms with van der Waals surface area (Å²) in [4.78, 5) is 38.3. The van der Waals surface area contributed by atoms with E-state index in [4.69, 9.17) is 90.4 Å². The molecule has 2 aromatic heterocycles. The Kier molecular flexibility index (Phi) is 18.3. The van der Waals surface area contributed by atoms with E-state index in [-0.39, 0.29) is 28.9 Å². The molecular formula is C20H24MoN10O6S8. The number of morpholine rings is 2. The van der Waals surface area contributed by atoms with Gasteiger partial charge in [0.2, 0.25) is 0 Å². The summed E-state index contributed by atoms with van der Waals surface area (Å²) in [6.07, 6.45) is 6.01. The molecule has 4 rings (SSSR count). The van der Waals surface area contributed by atoms with Crippen LogP contribution < -0.4 is 0 Å². The van der Waals surface area contributed by atoms with Crippen LogP contribution in [0.1, 0.15) is 21.2 Å². The second kappa shape index (κ2) is 20.7. The predicted molar refractivity (Wildman–Crippen MR) is 182 cm³/mol. The number of amides is 2. The van der Waals surface area contributed by atoms with Crippen molar-refractivity contribution in [1.29, 1.82) is 0 Å². The maximum absolute atomic E-state index is 12.5. The third-order valence-electron chi connectivity index (χ3n) is 5.36. The number of carbonyl (C=O) groups is 2. The van der Waals surface area contributed by atoms with E-state index in [0.717, 1.165) is 10.0 Å². The zero-order chi connectivity index (χ0) is 33.5. The fourth-order valence-electron chi connectivity index (χ4n) is 3.61. The number of hydrogen-bond donors (Lipinski definition) is 4. The van der Waals surface area contributed by atoms with E-state index in [1.165, 1.54) is 35.0 Å². The Hall–Kier alpha value is -1.41. The average molecular weight is 853 g/mol. The summed E-state index contributed by atoms with van der Waals surface area (Å²) in [5.74, 6) is -0.763. The number of H-pyrrole nitrogens is 2. The number of thiol groups is 2. The van der Waals surface area contributed by atoms with E-state index in [1.807, 2.05) is 0 Å². The summed E-state index contributed by atoms with van der Waals surface area (Å²) in [6, 6.07) is 0. The Morgan fingerprint density at radius 3 is 1.29 bits per heavy atom. The molecule has 2 N–H and O–H groups in total. The number of aromatic nitrogens is 4. The van der Waals surface area contributed by atoms with Gasteiger partial charge in [-0.1, -0.05) is 0 Å². The Morgan fingerprint density at radius 1 is 0.756 bits per heavy atom. The molecule has 0 radical (unpaired) electrons. The minimum absolute atomic E-state index is 0.0701. The SMILES string of the molecule is O=C(c1ncc[nH]1)N(C(=S)[S-])N(C(=S)S)N1CCOCC1.O=C(c1ncc[nH]1)N(C(=S)[S-])N(C(=S)S)N1CCOCC1.[O]=[Mo+2]=[O]. The number of ether oxygens (including phenoxy) is 2. The van der Waals surface area contributed by atoms with Crippen LogP contribution in [0.4, 0.5) is 0 Å². The summed E-state index contributed by atoms with van der Waals surface area (Å²) in [6.45, 7) is 4.22. The van der Waals surface area contributed by atoms with Gasteiger partial charge in [0, 0.05) is 51.0 Å². The summed E-state index contributed by atoms with van der Waals surface area (Å²) in [7, 11) is 0. The summed E-state index contributed by atoms with van der Waals surface area (Å²) < 4.78 is 27.8. The fraction of sp³-hybridized carbons (Fsp3) is 0.400. The first-order chi connectivity index (χ1) is 21.5. The summed E-state index contributed by atoms with van der Waals surface area (Å²) >= 11 is 36.6. The van der Waals surface area contributed by atoms with Crippen molar-refractivity contribution < 1.29 is 44.3 Å². The number of rotatable bonds is 4. The molecule has 0 unspecified atom stereocenters. The van der Waals surface area contributed by atoms with Crippen LogP contribution in [0, 0.1) is 0 Å². The monoisotopic (exact) mass is 854 g/mol. The van der Waals surface area contributed by atoms with Crippen LogP contribution >= 0.6 is 74.1 Å². The number of aromatic amines is 2. The van der Waals surface area contributed by atoms with Crippen molar-refractivity contribution in [3.63, 3.8) is 0 Å². The van der Waals surface area contributed by atoms with Crippen molar-refractivity contribution in [2.24, 2.45) is 0 Å². The molecule has 4 heterocycles. The van der Waals surface area contributed by atoms with E-state index < -0.39 is 30.3 Å². The summed E-state index contributed by atoms with van der Waals surface area (Å²) in [5, 5.41) is 8.59. The first-order valence-corrected chi connectivity index (χ1v) is 17.2. The number of thiocarbonyl (C=S) groups is 4. The van der Waals surface area contributed by atoms with E-state index in [9.17, 15) is 9.59 Å². The van der Waals surface area contributed by atoms with Crippen LogP contribution in [-0.4, -0.2) is 132 Å². The van der Waals surface area contributed by atoms with Crippen molar-refractivity contribution in [3.05, 3.63) is 36.4 Å². The quantitative estimate of drug-likeness (QED) is 0.110. The number of nitrogens with one attached hydrogen (secondary N) is 2. The second-order valence-electron chi connectivity index (χ2n) is 7.99. The van der Waals surface area contributed by atoms with Crippen LogP contribution in [0.25, 0.3) is 0 Å². The van der Waals surface area contributed by atoms with E-state index in [0.29, 0.717) is 52.6 Å². The van der Waals surface area contributed by atoms with Gasteiger partial charge in [0.1, 0.15) is 0 Å². The first-order valence-electron chi connectivity index (χ1n) is 12.2. The van der Waals surface area contributed by atoms with Crippen LogP contribution in [0.3, 0.4) is 0 Å². The van der Waals surface area contributed by atoms with Crippen LogP contribution in [0.15, 0.2) is 24.8 Å².